The molecule has 0 amide bonds. The van der Waals surface area contributed by atoms with E-state index in [1.54, 1.807) is 12.1 Å². The number of phenols is 1. The lowest BCUT2D eigenvalue weighted by Crippen LogP contribution is -2.03. The average molecular weight is 423 g/mol. The maximum Gasteiger partial charge on any atom is 0.172 e. The van der Waals surface area contributed by atoms with Crippen LogP contribution in [-0.2, 0) is 6.54 Å². The lowest BCUT2D eigenvalue weighted by Gasteiger charge is -2.11. The van der Waals surface area contributed by atoms with Crippen molar-refractivity contribution >= 4 is 37.5 Å². The number of anilines is 1. The molecule has 0 aliphatic heterocycles. The number of nitrogens with one attached hydrogen (secondary N) is 1. The molecule has 0 radical (unpaired) electrons. The maximum absolute atomic E-state index is 13.6. The minimum atomic E-state index is -0.680. The lowest BCUT2D eigenvalue weighted by atomic mass is 10.2. The summed E-state index contributed by atoms with van der Waals surface area (Å²) in [6.07, 6.45) is 0. The molecule has 112 valence electrons. The molecule has 0 saturated carbocycles. The Labute approximate surface area is 137 Å². The first-order chi connectivity index (χ1) is 9.92. The predicted molar refractivity (Wildman–Crippen MR) is 83.7 cm³/mol. The number of hydrogen-bond acceptors (Lipinski definition) is 3. The fraction of sp³-hybridized carbons (Fsp3) is 0.143. The summed E-state index contributed by atoms with van der Waals surface area (Å²) in [6.45, 7) is 0.282. The predicted octanol–water partition coefficient (Wildman–Crippen LogP) is 4.82. The quantitative estimate of drug-likeness (QED) is 0.694. The Hall–Kier alpha value is -1.34. The smallest absolute Gasteiger partial charge is 0.172 e. The number of halogens is 4. The molecule has 0 saturated heterocycles. The molecule has 0 aromatic heterocycles. The van der Waals surface area contributed by atoms with Crippen molar-refractivity contribution < 1.29 is 18.6 Å². The molecule has 0 atom stereocenters. The van der Waals surface area contributed by atoms with Crippen LogP contribution in [0.25, 0.3) is 0 Å². The summed E-state index contributed by atoms with van der Waals surface area (Å²) in [5.74, 6) is -1.04. The Kier molecular flexibility index (Phi) is 5.05. The van der Waals surface area contributed by atoms with Gasteiger partial charge in [0.15, 0.2) is 11.5 Å². The van der Waals surface area contributed by atoms with Crippen LogP contribution in [0, 0.1) is 11.6 Å². The lowest BCUT2D eigenvalue weighted by molar-refractivity contribution is 0.371. The summed E-state index contributed by atoms with van der Waals surface area (Å²) >= 11 is 6.22. The van der Waals surface area contributed by atoms with Gasteiger partial charge in [-0.3, -0.25) is 0 Å². The molecule has 0 heterocycles. The highest BCUT2D eigenvalue weighted by atomic mass is 79.9. The third-order valence-corrected chi connectivity index (χ3v) is 4.01. The Morgan fingerprint density at radius 1 is 1.10 bits per heavy atom. The van der Waals surface area contributed by atoms with Gasteiger partial charge in [-0.15, -0.1) is 0 Å². The van der Waals surface area contributed by atoms with Crippen LogP contribution in [0.3, 0.4) is 0 Å². The van der Waals surface area contributed by atoms with E-state index in [-0.39, 0.29) is 22.5 Å². The average Bonchev–Trinajstić information content (AvgIpc) is 2.44. The number of methoxy groups -OCH3 is 1. The van der Waals surface area contributed by atoms with Crippen LogP contribution in [0.1, 0.15) is 5.56 Å². The van der Waals surface area contributed by atoms with Gasteiger partial charge in [-0.05, 0) is 55.6 Å². The fourth-order valence-electron chi connectivity index (χ4n) is 1.74. The van der Waals surface area contributed by atoms with Crippen molar-refractivity contribution in [3.05, 3.63) is 50.4 Å². The van der Waals surface area contributed by atoms with Gasteiger partial charge in [0.2, 0.25) is 0 Å². The van der Waals surface area contributed by atoms with Crippen molar-refractivity contribution in [2.45, 2.75) is 6.54 Å². The molecule has 3 nitrogen and oxygen atoms in total. The summed E-state index contributed by atoms with van der Waals surface area (Å²) in [5, 5.41) is 12.6. The molecule has 2 aromatic rings. The Morgan fingerprint density at radius 2 is 1.81 bits per heavy atom. The van der Waals surface area contributed by atoms with E-state index < -0.39 is 11.6 Å². The Balaban J connectivity index is 2.21. The molecule has 0 aliphatic rings. The van der Waals surface area contributed by atoms with Crippen molar-refractivity contribution in [3.63, 3.8) is 0 Å². The monoisotopic (exact) mass is 421 g/mol. The normalized spacial score (nSPS) is 10.5. The van der Waals surface area contributed by atoms with E-state index in [0.29, 0.717) is 10.2 Å². The summed E-state index contributed by atoms with van der Waals surface area (Å²) in [5.41, 5.74) is 0.933. The highest BCUT2D eigenvalue weighted by molar-refractivity contribution is 9.10. The van der Waals surface area contributed by atoms with Gasteiger partial charge in [-0.1, -0.05) is 0 Å². The molecule has 21 heavy (non-hydrogen) atoms. The van der Waals surface area contributed by atoms with Gasteiger partial charge in [0.05, 0.1) is 21.7 Å². The van der Waals surface area contributed by atoms with Crippen molar-refractivity contribution in [2.75, 3.05) is 12.4 Å². The molecule has 0 aliphatic carbocycles. The van der Waals surface area contributed by atoms with E-state index in [0.717, 1.165) is 11.6 Å². The zero-order valence-electron chi connectivity index (χ0n) is 10.9. The number of rotatable bonds is 4. The largest absolute Gasteiger partial charge is 0.503 e. The van der Waals surface area contributed by atoms with Gasteiger partial charge in [-0.25, -0.2) is 8.78 Å². The van der Waals surface area contributed by atoms with Crippen LogP contribution in [-0.4, -0.2) is 12.2 Å². The van der Waals surface area contributed by atoms with Gasteiger partial charge >= 0.3 is 0 Å². The molecule has 0 fully saturated rings. The standard InChI is InChI=1S/C14H11Br2F2NO2/c1-21-13-3-7(2-9(16)14(13)20)6-19-12-4-8(15)10(17)5-11(12)18/h2-5,19-20H,6H2,1H3. The van der Waals surface area contributed by atoms with Crippen LogP contribution in [0.5, 0.6) is 11.5 Å². The summed E-state index contributed by atoms with van der Waals surface area (Å²) in [7, 11) is 1.44. The SMILES string of the molecule is COc1cc(CNc2cc(Br)c(F)cc2F)cc(Br)c1O. The maximum atomic E-state index is 13.6. The van der Waals surface area contributed by atoms with Gasteiger partial charge < -0.3 is 15.2 Å². The van der Waals surface area contributed by atoms with Gasteiger partial charge in [0, 0.05) is 12.6 Å². The number of phenolic OH excluding ortho intramolecular Hbond substituents is 1. The molecule has 2 aromatic carbocycles. The minimum absolute atomic E-state index is 0.00282. The second-order valence-electron chi connectivity index (χ2n) is 4.23. The second-order valence-corrected chi connectivity index (χ2v) is 5.94. The van der Waals surface area contributed by atoms with Crippen LogP contribution in [0.2, 0.25) is 0 Å². The molecule has 0 spiro atoms. The van der Waals surface area contributed by atoms with Crippen LogP contribution in [0.15, 0.2) is 33.2 Å². The Morgan fingerprint density at radius 3 is 2.48 bits per heavy atom. The minimum Gasteiger partial charge on any atom is -0.503 e. The molecular weight excluding hydrogens is 412 g/mol. The summed E-state index contributed by atoms with van der Waals surface area (Å²) < 4.78 is 32.5. The number of benzene rings is 2. The first-order valence-electron chi connectivity index (χ1n) is 5.86. The zero-order valence-corrected chi connectivity index (χ0v) is 14.1. The van der Waals surface area contributed by atoms with E-state index in [1.807, 2.05) is 0 Å². The first-order valence-corrected chi connectivity index (χ1v) is 7.44. The van der Waals surface area contributed by atoms with Crippen molar-refractivity contribution in [2.24, 2.45) is 0 Å². The van der Waals surface area contributed by atoms with Gasteiger partial charge in [0.1, 0.15) is 11.6 Å². The number of aromatic hydroxyl groups is 1. The van der Waals surface area contributed by atoms with Gasteiger partial charge in [0.25, 0.3) is 0 Å². The highest BCUT2D eigenvalue weighted by Crippen LogP contribution is 2.35. The van der Waals surface area contributed by atoms with Crippen molar-refractivity contribution in [1.29, 1.82) is 0 Å². The molecule has 2 N–H and O–H groups in total. The van der Waals surface area contributed by atoms with E-state index in [1.165, 1.54) is 13.2 Å². The molecule has 0 unspecified atom stereocenters. The van der Waals surface area contributed by atoms with E-state index in [2.05, 4.69) is 37.2 Å². The highest BCUT2D eigenvalue weighted by Gasteiger charge is 2.11. The third kappa shape index (κ3) is 3.65. The Bertz CT molecular complexity index is 681. The first kappa shape index (κ1) is 16.0. The molecule has 2 rings (SSSR count). The second kappa shape index (κ2) is 6.62. The summed E-state index contributed by atoms with van der Waals surface area (Å²) in [6, 6.07) is 5.45. The van der Waals surface area contributed by atoms with Crippen LogP contribution >= 0.6 is 31.9 Å². The third-order valence-electron chi connectivity index (χ3n) is 2.80. The number of hydrogen-bond donors (Lipinski definition) is 2. The topological polar surface area (TPSA) is 41.5 Å². The molecule has 7 heteroatoms. The molecule has 0 bridgehead atoms. The van der Waals surface area contributed by atoms with E-state index >= 15 is 0 Å². The molecular formula is C14H11Br2F2NO2. The van der Waals surface area contributed by atoms with Crippen molar-refractivity contribution in [3.8, 4) is 11.5 Å². The van der Waals surface area contributed by atoms with Crippen LogP contribution < -0.4 is 10.1 Å². The van der Waals surface area contributed by atoms with E-state index in [9.17, 15) is 13.9 Å². The number of ether oxygens (including phenoxy) is 1. The fourth-order valence-corrected chi connectivity index (χ4v) is 2.57. The van der Waals surface area contributed by atoms with Gasteiger partial charge in [-0.2, -0.15) is 0 Å². The van der Waals surface area contributed by atoms with Crippen molar-refractivity contribution in [1.82, 2.24) is 0 Å². The summed E-state index contributed by atoms with van der Waals surface area (Å²) in [4.78, 5) is 0. The van der Waals surface area contributed by atoms with Crippen LogP contribution in [0.4, 0.5) is 14.5 Å². The van der Waals surface area contributed by atoms with E-state index in [4.69, 9.17) is 4.74 Å². The zero-order chi connectivity index (χ0) is 15.6.